The molecular weight excluding hydrogens is 228 g/mol. The zero-order valence-electron chi connectivity index (χ0n) is 11.1. The van der Waals surface area contributed by atoms with Gasteiger partial charge in [-0.3, -0.25) is 0 Å². The highest BCUT2D eigenvalue weighted by atomic mass is 16.4. The van der Waals surface area contributed by atoms with Gasteiger partial charge in [-0.1, -0.05) is 32.1 Å². The Morgan fingerprint density at radius 2 is 2.22 bits per heavy atom. The standard InChI is InChI=1S/C15H22O3/c1-9-6-12(16)8-15(3)5-4-11(7-13(9)15)10(2)14(17)18/h7,9,11-12,16H,2,4-6,8H2,1,3H3,(H,17,18)/t9-,11+,12-,15-/m0/s1. The van der Waals surface area contributed by atoms with Crippen molar-refractivity contribution in [1.29, 1.82) is 0 Å². The number of carboxylic acid groups (broad SMARTS) is 1. The molecule has 0 unspecified atom stereocenters. The smallest absolute Gasteiger partial charge is 0.331 e. The van der Waals surface area contributed by atoms with E-state index in [0.29, 0.717) is 11.5 Å². The summed E-state index contributed by atoms with van der Waals surface area (Å²) >= 11 is 0. The van der Waals surface area contributed by atoms with Crippen molar-refractivity contribution >= 4 is 5.97 Å². The predicted molar refractivity (Wildman–Crippen MR) is 70.1 cm³/mol. The molecule has 18 heavy (non-hydrogen) atoms. The van der Waals surface area contributed by atoms with Crippen molar-refractivity contribution in [1.82, 2.24) is 0 Å². The molecule has 2 aliphatic carbocycles. The molecule has 100 valence electrons. The van der Waals surface area contributed by atoms with Crippen LogP contribution < -0.4 is 0 Å². The molecule has 2 N–H and O–H groups in total. The molecule has 1 fully saturated rings. The van der Waals surface area contributed by atoms with E-state index in [0.717, 1.165) is 25.7 Å². The Labute approximate surface area is 108 Å². The van der Waals surface area contributed by atoms with E-state index in [9.17, 15) is 9.90 Å². The maximum absolute atomic E-state index is 11.0. The first kappa shape index (κ1) is 13.3. The first-order valence-corrected chi connectivity index (χ1v) is 6.66. The maximum Gasteiger partial charge on any atom is 0.331 e. The van der Waals surface area contributed by atoms with Crippen molar-refractivity contribution in [2.45, 2.75) is 45.6 Å². The fourth-order valence-corrected chi connectivity index (χ4v) is 3.67. The van der Waals surface area contributed by atoms with Crippen LogP contribution in [0.3, 0.4) is 0 Å². The molecule has 2 aliphatic rings. The van der Waals surface area contributed by atoms with Crippen LogP contribution in [0.15, 0.2) is 23.8 Å². The van der Waals surface area contributed by atoms with Crippen LogP contribution in [0.2, 0.25) is 0 Å². The first-order valence-electron chi connectivity index (χ1n) is 6.66. The number of rotatable bonds is 2. The number of allylic oxidation sites excluding steroid dienone is 2. The summed E-state index contributed by atoms with van der Waals surface area (Å²) in [4.78, 5) is 11.0. The Hall–Kier alpha value is -1.09. The van der Waals surface area contributed by atoms with Gasteiger partial charge in [-0.2, -0.15) is 0 Å². The second kappa shape index (κ2) is 4.54. The molecule has 4 atom stereocenters. The Balaban J connectivity index is 2.28. The highest BCUT2D eigenvalue weighted by Gasteiger charge is 2.42. The Kier molecular flexibility index (Phi) is 3.37. The average molecular weight is 250 g/mol. The van der Waals surface area contributed by atoms with Crippen molar-refractivity contribution in [3.63, 3.8) is 0 Å². The lowest BCUT2D eigenvalue weighted by Crippen LogP contribution is -2.38. The highest BCUT2D eigenvalue weighted by molar-refractivity contribution is 5.86. The molecule has 0 heterocycles. The number of hydrogen-bond donors (Lipinski definition) is 2. The summed E-state index contributed by atoms with van der Waals surface area (Å²) in [7, 11) is 0. The van der Waals surface area contributed by atoms with Crippen molar-refractivity contribution in [3.05, 3.63) is 23.8 Å². The van der Waals surface area contributed by atoms with Gasteiger partial charge in [0.2, 0.25) is 0 Å². The molecule has 0 bridgehead atoms. The van der Waals surface area contributed by atoms with Crippen molar-refractivity contribution in [2.24, 2.45) is 17.3 Å². The van der Waals surface area contributed by atoms with Gasteiger partial charge in [0.1, 0.15) is 0 Å². The Bertz CT molecular complexity index is 410. The van der Waals surface area contributed by atoms with E-state index in [4.69, 9.17) is 5.11 Å². The molecule has 0 spiro atoms. The number of aliphatic hydroxyl groups excluding tert-OH is 1. The van der Waals surface area contributed by atoms with Gasteiger partial charge >= 0.3 is 5.97 Å². The van der Waals surface area contributed by atoms with Crippen LogP contribution in [0.4, 0.5) is 0 Å². The summed E-state index contributed by atoms with van der Waals surface area (Å²) in [5.74, 6) is -0.602. The Morgan fingerprint density at radius 1 is 1.56 bits per heavy atom. The third-order valence-corrected chi connectivity index (χ3v) is 4.65. The van der Waals surface area contributed by atoms with E-state index < -0.39 is 5.97 Å². The van der Waals surface area contributed by atoms with E-state index in [-0.39, 0.29) is 17.4 Å². The van der Waals surface area contributed by atoms with Crippen LogP contribution in [-0.4, -0.2) is 22.3 Å². The van der Waals surface area contributed by atoms with E-state index in [1.165, 1.54) is 5.57 Å². The summed E-state index contributed by atoms with van der Waals surface area (Å²) in [6.07, 6.45) is 5.24. The van der Waals surface area contributed by atoms with Gasteiger partial charge in [0.25, 0.3) is 0 Å². The Morgan fingerprint density at radius 3 is 2.83 bits per heavy atom. The fraction of sp³-hybridized carbons (Fsp3) is 0.667. The third-order valence-electron chi connectivity index (χ3n) is 4.65. The molecule has 1 saturated carbocycles. The second-order valence-electron chi connectivity index (χ2n) is 6.15. The second-order valence-corrected chi connectivity index (χ2v) is 6.15. The first-order chi connectivity index (χ1) is 8.33. The van der Waals surface area contributed by atoms with Crippen LogP contribution in [-0.2, 0) is 4.79 Å². The van der Waals surface area contributed by atoms with Crippen molar-refractivity contribution in [2.75, 3.05) is 0 Å². The minimum atomic E-state index is -0.899. The van der Waals surface area contributed by atoms with Gasteiger partial charge in [-0.15, -0.1) is 0 Å². The number of carboxylic acids is 1. The lowest BCUT2D eigenvalue weighted by molar-refractivity contribution is -0.133. The van der Waals surface area contributed by atoms with Crippen LogP contribution in [0.5, 0.6) is 0 Å². The van der Waals surface area contributed by atoms with Gasteiger partial charge in [-0.25, -0.2) is 4.79 Å². The fourth-order valence-electron chi connectivity index (χ4n) is 3.67. The van der Waals surface area contributed by atoms with E-state index in [1.54, 1.807) is 0 Å². The van der Waals surface area contributed by atoms with Crippen LogP contribution >= 0.6 is 0 Å². The molecule has 0 amide bonds. The molecule has 0 radical (unpaired) electrons. The summed E-state index contributed by atoms with van der Waals surface area (Å²) in [6.45, 7) is 8.00. The average Bonchev–Trinajstić information content (AvgIpc) is 2.26. The monoisotopic (exact) mass is 250 g/mol. The maximum atomic E-state index is 11.0. The van der Waals surface area contributed by atoms with Gasteiger partial charge < -0.3 is 10.2 Å². The molecule has 3 heteroatoms. The topological polar surface area (TPSA) is 57.5 Å². The molecule has 0 aromatic heterocycles. The molecule has 0 saturated heterocycles. The quantitative estimate of drug-likeness (QED) is 0.585. The molecule has 0 aromatic rings. The van der Waals surface area contributed by atoms with E-state index >= 15 is 0 Å². The van der Waals surface area contributed by atoms with E-state index in [2.05, 4.69) is 26.5 Å². The number of aliphatic hydroxyl groups is 1. The number of fused-ring (bicyclic) bond motifs is 1. The summed E-state index contributed by atoms with van der Waals surface area (Å²) in [5.41, 5.74) is 1.67. The van der Waals surface area contributed by atoms with Crippen LogP contribution in [0.1, 0.15) is 39.5 Å². The van der Waals surface area contributed by atoms with Gasteiger partial charge in [0, 0.05) is 11.5 Å². The third kappa shape index (κ3) is 2.24. The zero-order chi connectivity index (χ0) is 13.5. The van der Waals surface area contributed by atoms with Crippen molar-refractivity contribution < 1.29 is 15.0 Å². The SMILES string of the molecule is C=C(C(=O)O)[C@H]1C=C2[C@@H](C)C[C@H](O)C[C@]2(C)CC1. The number of carbonyl (C=O) groups is 1. The molecular formula is C15H22O3. The lowest BCUT2D eigenvalue weighted by Gasteiger charge is -2.46. The number of aliphatic carboxylic acids is 1. The largest absolute Gasteiger partial charge is 0.478 e. The zero-order valence-corrected chi connectivity index (χ0v) is 11.1. The van der Waals surface area contributed by atoms with Crippen LogP contribution in [0, 0.1) is 17.3 Å². The minimum absolute atomic E-state index is 0.0386. The molecule has 3 nitrogen and oxygen atoms in total. The van der Waals surface area contributed by atoms with Gasteiger partial charge in [-0.05, 0) is 37.0 Å². The molecule has 0 aromatic carbocycles. The van der Waals surface area contributed by atoms with Crippen LogP contribution in [0.25, 0.3) is 0 Å². The normalized spacial score (nSPS) is 39.7. The highest BCUT2D eigenvalue weighted by Crippen LogP contribution is 2.51. The predicted octanol–water partition coefficient (Wildman–Crippen LogP) is 2.76. The summed E-state index contributed by atoms with van der Waals surface area (Å²) < 4.78 is 0. The minimum Gasteiger partial charge on any atom is -0.478 e. The van der Waals surface area contributed by atoms with E-state index in [1.807, 2.05) is 0 Å². The number of hydrogen-bond acceptors (Lipinski definition) is 2. The van der Waals surface area contributed by atoms with Gasteiger partial charge in [0.05, 0.1) is 6.10 Å². The lowest BCUT2D eigenvalue weighted by atomic mass is 9.60. The van der Waals surface area contributed by atoms with Crippen molar-refractivity contribution in [3.8, 4) is 0 Å². The summed E-state index contributed by atoms with van der Waals surface area (Å²) in [6, 6.07) is 0. The molecule has 0 aliphatic heterocycles. The molecule has 2 rings (SSSR count). The van der Waals surface area contributed by atoms with Gasteiger partial charge in [0.15, 0.2) is 0 Å². The summed E-state index contributed by atoms with van der Waals surface area (Å²) in [5, 5.41) is 18.9.